The molecule has 2 aromatic heterocycles. The Kier molecular flexibility index (Phi) is 10.1. The van der Waals surface area contributed by atoms with Gasteiger partial charge in [0.2, 0.25) is 17.7 Å². The topological polar surface area (TPSA) is 270 Å². The van der Waals surface area contributed by atoms with Gasteiger partial charge in [-0.1, -0.05) is 18.2 Å². The van der Waals surface area contributed by atoms with Crippen LogP contribution < -0.4 is 21.7 Å². The molecule has 3 amide bonds. The van der Waals surface area contributed by atoms with Crippen LogP contribution in [0.4, 0.5) is 0 Å². The van der Waals surface area contributed by atoms with E-state index in [1.807, 2.05) is 0 Å². The monoisotopic (exact) mass is 571 g/mol. The Labute approximate surface area is 231 Å². The number of hydrogen-bond donors (Lipinski definition) is 9. The van der Waals surface area contributed by atoms with Crippen molar-refractivity contribution in [2.24, 2.45) is 5.73 Å². The van der Waals surface area contributed by atoms with E-state index >= 15 is 0 Å². The number of aromatic nitrogens is 3. The van der Waals surface area contributed by atoms with Crippen LogP contribution in [-0.4, -0.2) is 90.1 Å². The lowest BCUT2D eigenvalue weighted by Crippen LogP contribution is -2.58. The molecular weight excluding hydrogens is 542 g/mol. The summed E-state index contributed by atoms with van der Waals surface area (Å²) < 4.78 is 0. The molecule has 3 aromatic rings. The van der Waals surface area contributed by atoms with E-state index in [2.05, 4.69) is 30.9 Å². The number of aromatic amines is 2. The van der Waals surface area contributed by atoms with Crippen LogP contribution in [0.3, 0.4) is 0 Å². The number of H-pyrrole nitrogens is 2. The Morgan fingerprint density at radius 3 is 2.05 bits per heavy atom. The van der Waals surface area contributed by atoms with Crippen molar-refractivity contribution in [2.45, 2.75) is 49.9 Å². The van der Waals surface area contributed by atoms with E-state index < -0.39 is 72.6 Å². The molecule has 2 heterocycles. The summed E-state index contributed by atoms with van der Waals surface area (Å²) in [4.78, 5) is 82.7. The Morgan fingerprint density at radius 2 is 1.41 bits per heavy atom. The molecule has 218 valence electrons. The summed E-state index contributed by atoms with van der Waals surface area (Å²) in [6.07, 6.45) is 2.44. The van der Waals surface area contributed by atoms with E-state index in [0.29, 0.717) is 22.2 Å². The number of carbonyl (C=O) groups excluding carboxylic acids is 3. The Bertz CT molecular complexity index is 1420. The van der Waals surface area contributed by atoms with Gasteiger partial charge in [0.25, 0.3) is 0 Å². The minimum absolute atomic E-state index is 0.0129. The van der Waals surface area contributed by atoms with E-state index in [-0.39, 0.29) is 12.8 Å². The van der Waals surface area contributed by atoms with Gasteiger partial charge in [0.1, 0.15) is 18.1 Å². The molecule has 0 bridgehead atoms. The van der Waals surface area contributed by atoms with Crippen molar-refractivity contribution in [3.8, 4) is 0 Å². The number of carboxylic acid groups (broad SMARTS) is 3. The van der Waals surface area contributed by atoms with Crippen LogP contribution in [0.25, 0.3) is 10.9 Å². The predicted octanol–water partition coefficient (Wildman–Crippen LogP) is -1.51. The second-order valence-corrected chi connectivity index (χ2v) is 9.17. The van der Waals surface area contributed by atoms with Gasteiger partial charge in [0.15, 0.2) is 0 Å². The van der Waals surface area contributed by atoms with Crippen molar-refractivity contribution >= 4 is 46.5 Å². The van der Waals surface area contributed by atoms with Crippen LogP contribution in [0.2, 0.25) is 0 Å². The van der Waals surface area contributed by atoms with Crippen molar-refractivity contribution in [3.63, 3.8) is 0 Å². The molecule has 10 N–H and O–H groups in total. The predicted molar refractivity (Wildman–Crippen MR) is 140 cm³/mol. The molecule has 3 rings (SSSR count). The lowest BCUT2D eigenvalue weighted by Gasteiger charge is -2.24. The number of para-hydroxylation sites is 1. The smallest absolute Gasteiger partial charge is 0.326 e. The average Bonchev–Trinajstić information content (AvgIpc) is 3.56. The summed E-state index contributed by atoms with van der Waals surface area (Å²) in [5.74, 6) is -7.46. The minimum Gasteiger partial charge on any atom is -0.481 e. The lowest BCUT2D eigenvalue weighted by atomic mass is 10.0. The van der Waals surface area contributed by atoms with Gasteiger partial charge in [0, 0.05) is 41.8 Å². The van der Waals surface area contributed by atoms with Crippen molar-refractivity contribution in [2.75, 3.05) is 0 Å². The molecule has 1 aromatic carbocycles. The molecular formula is C25H29N7O9. The molecule has 41 heavy (non-hydrogen) atoms. The van der Waals surface area contributed by atoms with Gasteiger partial charge in [-0.05, 0) is 11.6 Å². The van der Waals surface area contributed by atoms with E-state index in [4.69, 9.17) is 10.8 Å². The number of nitrogens with zero attached hydrogens (tertiary/aromatic N) is 1. The molecule has 0 aliphatic carbocycles. The van der Waals surface area contributed by atoms with Crippen molar-refractivity contribution in [1.29, 1.82) is 0 Å². The van der Waals surface area contributed by atoms with E-state index in [0.717, 1.165) is 0 Å². The summed E-state index contributed by atoms with van der Waals surface area (Å²) in [7, 11) is 0. The van der Waals surface area contributed by atoms with Crippen LogP contribution in [0.1, 0.15) is 24.1 Å². The van der Waals surface area contributed by atoms with Crippen LogP contribution >= 0.6 is 0 Å². The summed E-state index contributed by atoms with van der Waals surface area (Å²) in [5.41, 5.74) is 7.68. The highest BCUT2D eigenvalue weighted by Crippen LogP contribution is 2.19. The SMILES string of the molecule is NC(Cc1cnc[nH]1)C(=O)NC(CC(=O)O)C(=O)NC(Cc1c[nH]c2ccccc12)C(=O)NC(CC(=O)O)C(=O)O. The Morgan fingerprint density at radius 1 is 0.805 bits per heavy atom. The second kappa shape index (κ2) is 13.7. The standard InChI is InChI=1S/C25H29N7O9/c26-15(6-13-10-27-11-29-13)22(37)30-18(7-20(33)34)24(39)31-17(23(38)32-19(25(40)41)8-21(35)36)5-12-9-28-16-4-2-1-3-14(12)16/h1-4,9-11,15,17-19,28H,5-8,26H2,(H,27,29)(H,30,37)(H,31,39)(H,32,38)(H,33,34)(H,35,36)(H,40,41). The maximum absolute atomic E-state index is 13.2. The van der Waals surface area contributed by atoms with E-state index in [1.165, 1.54) is 12.5 Å². The van der Waals surface area contributed by atoms with Crippen LogP contribution in [0, 0.1) is 0 Å². The number of nitrogens with one attached hydrogen (secondary N) is 5. The maximum Gasteiger partial charge on any atom is 0.326 e. The zero-order valence-corrected chi connectivity index (χ0v) is 21.5. The maximum atomic E-state index is 13.2. The molecule has 16 nitrogen and oxygen atoms in total. The molecule has 4 unspecified atom stereocenters. The molecule has 0 radical (unpaired) electrons. The number of rotatable bonds is 15. The third kappa shape index (κ3) is 8.62. The van der Waals surface area contributed by atoms with Crippen molar-refractivity contribution < 1.29 is 44.1 Å². The van der Waals surface area contributed by atoms with Gasteiger partial charge in [-0.15, -0.1) is 0 Å². The van der Waals surface area contributed by atoms with Crippen LogP contribution in [-0.2, 0) is 41.6 Å². The molecule has 16 heteroatoms. The van der Waals surface area contributed by atoms with Crippen LogP contribution in [0.15, 0.2) is 43.0 Å². The number of benzene rings is 1. The molecule has 4 atom stereocenters. The number of nitrogens with two attached hydrogens (primary N) is 1. The summed E-state index contributed by atoms with van der Waals surface area (Å²) >= 11 is 0. The minimum atomic E-state index is -1.81. The molecule has 0 saturated heterocycles. The Balaban J connectivity index is 1.83. The van der Waals surface area contributed by atoms with Gasteiger partial charge < -0.3 is 47.0 Å². The Hall–Kier alpha value is -5.25. The number of carboxylic acids is 3. The van der Waals surface area contributed by atoms with Gasteiger partial charge >= 0.3 is 17.9 Å². The molecule has 0 aliphatic rings. The summed E-state index contributed by atoms with van der Waals surface area (Å²) in [6.45, 7) is 0. The fourth-order valence-electron chi connectivity index (χ4n) is 4.04. The fourth-order valence-corrected chi connectivity index (χ4v) is 4.04. The normalized spacial score (nSPS) is 13.9. The average molecular weight is 572 g/mol. The zero-order valence-electron chi connectivity index (χ0n) is 21.5. The lowest BCUT2D eigenvalue weighted by molar-refractivity contribution is -0.147. The van der Waals surface area contributed by atoms with Gasteiger partial charge in [-0.25, -0.2) is 9.78 Å². The number of fused-ring (bicyclic) bond motifs is 1. The second-order valence-electron chi connectivity index (χ2n) is 9.17. The van der Waals surface area contributed by atoms with Gasteiger partial charge in [-0.3, -0.25) is 24.0 Å². The number of imidazole rings is 1. The molecule has 0 fully saturated rings. The number of aliphatic carboxylic acids is 3. The highest BCUT2D eigenvalue weighted by Gasteiger charge is 2.32. The highest BCUT2D eigenvalue weighted by molar-refractivity contribution is 5.96. The van der Waals surface area contributed by atoms with Gasteiger partial charge in [0.05, 0.1) is 25.2 Å². The first kappa shape index (κ1) is 30.3. The van der Waals surface area contributed by atoms with Gasteiger partial charge in [-0.2, -0.15) is 0 Å². The molecule has 0 saturated carbocycles. The fraction of sp³-hybridized carbons (Fsp3) is 0.320. The van der Waals surface area contributed by atoms with Crippen molar-refractivity contribution in [3.05, 3.63) is 54.2 Å². The number of amides is 3. The first-order valence-corrected chi connectivity index (χ1v) is 12.3. The zero-order chi connectivity index (χ0) is 30.1. The third-order valence-electron chi connectivity index (χ3n) is 6.07. The molecule has 0 spiro atoms. The first-order valence-electron chi connectivity index (χ1n) is 12.3. The largest absolute Gasteiger partial charge is 0.481 e. The van der Waals surface area contributed by atoms with E-state index in [1.54, 1.807) is 30.5 Å². The summed E-state index contributed by atoms with van der Waals surface area (Å²) in [5, 5.41) is 35.2. The number of hydrogen-bond acceptors (Lipinski definition) is 8. The first-order chi connectivity index (χ1) is 19.4. The molecule has 0 aliphatic heterocycles. The van der Waals surface area contributed by atoms with Crippen LogP contribution in [0.5, 0.6) is 0 Å². The summed E-state index contributed by atoms with van der Waals surface area (Å²) in [6, 6.07) is 0.917. The number of carbonyl (C=O) groups is 6. The van der Waals surface area contributed by atoms with E-state index in [9.17, 15) is 39.0 Å². The third-order valence-corrected chi connectivity index (χ3v) is 6.07. The quantitative estimate of drug-likeness (QED) is 0.101. The highest BCUT2D eigenvalue weighted by atomic mass is 16.4. The van der Waals surface area contributed by atoms with Crippen molar-refractivity contribution in [1.82, 2.24) is 30.9 Å².